The fourth-order valence-corrected chi connectivity index (χ4v) is 2.63. The molecule has 0 aliphatic heterocycles. The van der Waals surface area contributed by atoms with Gasteiger partial charge in [0.2, 0.25) is 0 Å². The molecule has 0 fully saturated rings. The Bertz CT molecular complexity index is 653. The lowest BCUT2D eigenvalue weighted by Crippen LogP contribution is -2.26. The van der Waals surface area contributed by atoms with Gasteiger partial charge < -0.3 is 15.7 Å². The van der Waals surface area contributed by atoms with Gasteiger partial charge in [-0.25, -0.2) is 0 Å². The Hall–Kier alpha value is -2.33. The fraction of sp³-hybridized carbons (Fsp3) is 0.350. The molecule has 24 heavy (non-hydrogen) atoms. The van der Waals surface area contributed by atoms with Crippen LogP contribution in [0.15, 0.2) is 48.5 Å². The van der Waals surface area contributed by atoms with Gasteiger partial charge in [0, 0.05) is 17.8 Å². The molecule has 0 aromatic heterocycles. The van der Waals surface area contributed by atoms with Gasteiger partial charge >= 0.3 is 0 Å². The summed E-state index contributed by atoms with van der Waals surface area (Å²) in [5.41, 5.74) is 4.07. The largest absolute Gasteiger partial charge is 0.395 e. The van der Waals surface area contributed by atoms with E-state index in [1.807, 2.05) is 18.2 Å². The molecule has 4 nitrogen and oxygen atoms in total. The van der Waals surface area contributed by atoms with Crippen molar-refractivity contribution in [3.63, 3.8) is 0 Å². The molecule has 2 aromatic rings. The molecule has 4 heteroatoms. The second kappa shape index (κ2) is 9.08. The summed E-state index contributed by atoms with van der Waals surface area (Å²) < 4.78 is 0. The highest BCUT2D eigenvalue weighted by molar-refractivity contribution is 5.95. The van der Waals surface area contributed by atoms with Gasteiger partial charge in [0.25, 0.3) is 5.91 Å². The standard InChI is InChI=1S/C20H26N2O2/c1-3-15-8-10-16(11-9-15)19(4-2)22-18-7-5-6-17(14-18)20(24)21-12-13-23/h5-11,14,19,22-23H,3-4,12-13H2,1-2H3,(H,21,24). The highest BCUT2D eigenvalue weighted by Crippen LogP contribution is 2.23. The molecule has 1 amide bonds. The molecule has 1 unspecified atom stereocenters. The van der Waals surface area contributed by atoms with Crippen molar-refractivity contribution >= 4 is 11.6 Å². The van der Waals surface area contributed by atoms with E-state index < -0.39 is 0 Å². The van der Waals surface area contributed by atoms with E-state index in [2.05, 4.69) is 48.7 Å². The highest BCUT2D eigenvalue weighted by Gasteiger charge is 2.11. The summed E-state index contributed by atoms with van der Waals surface area (Å²) in [6, 6.07) is 16.3. The summed E-state index contributed by atoms with van der Waals surface area (Å²) in [6.07, 6.45) is 1.99. The molecular weight excluding hydrogens is 300 g/mol. The average Bonchev–Trinajstić information content (AvgIpc) is 2.64. The summed E-state index contributed by atoms with van der Waals surface area (Å²) in [7, 11) is 0. The number of aliphatic hydroxyl groups is 1. The van der Waals surface area contributed by atoms with Crippen molar-refractivity contribution in [2.24, 2.45) is 0 Å². The summed E-state index contributed by atoms with van der Waals surface area (Å²) in [5.74, 6) is -0.173. The second-order valence-corrected chi connectivity index (χ2v) is 5.76. The zero-order chi connectivity index (χ0) is 17.4. The monoisotopic (exact) mass is 326 g/mol. The van der Waals surface area contributed by atoms with Crippen LogP contribution in [0, 0.1) is 0 Å². The Labute approximate surface area is 143 Å². The first kappa shape index (κ1) is 18.0. The average molecular weight is 326 g/mol. The predicted octanol–water partition coefficient (Wildman–Crippen LogP) is 3.53. The van der Waals surface area contributed by atoms with E-state index in [1.165, 1.54) is 11.1 Å². The van der Waals surface area contributed by atoms with Crippen molar-refractivity contribution < 1.29 is 9.90 Å². The zero-order valence-electron chi connectivity index (χ0n) is 14.4. The first-order valence-corrected chi connectivity index (χ1v) is 8.52. The molecule has 1 atom stereocenters. The van der Waals surface area contributed by atoms with E-state index >= 15 is 0 Å². The van der Waals surface area contributed by atoms with E-state index in [4.69, 9.17) is 5.11 Å². The van der Waals surface area contributed by atoms with Gasteiger partial charge in [0.05, 0.1) is 12.6 Å². The summed E-state index contributed by atoms with van der Waals surface area (Å²) in [6.45, 7) is 4.49. The third-order valence-corrected chi connectivity index (χ3v) is 4.06. The highest BCUT2D eigenvalue weighted by atomic mass is 16.3. The van der Waals surface area contributed by atoms with Gasteiger partial charge in [-0.05, 0) is 42.2 Å². The molecule has 0 saturated carbocycles. The number of benzene rings is 2. The lowest BCUT2D eigenvalue weighted by atomic mass is 10.0. The molecule has 0 aliphatic carbocycles. The number of carbonyl (C=O) groups is 1. The summed E-state index contributed by atoms with van der Waals surface area (Å²) >= 11 is 0. The number of rotatable bonds is 8. The van der Waals surface area contributed by atoms with Gasteiger partial charge in [-0.3, -0.25) is 4.79 Å². The normalized spacial score (nSPS) is 11.8. The van der Waals surface area contributed by atoms with Crippen LogP contribution in [-0.4, -0.2) is 24.2 Å². The minimum absolute atomic E-state index is 0.0602. The maximum absolute atomic E-state index is 12.0. The third kappa shape index (κ3) is 4.83. The van der Waals surface area contributed by atoms with Gasteiger partial charge in [0.1, 0.15) is 0 Å². The number of amides is 1. The lowest BCUT2D eigenvalue weighted by molar-refractivity contribution is 0.0945. The molecule has 0 bridgehead atoms. The van der Waals surface area contributed by atoms with Crippen LogP contribution < -0.4 is 10.6 Å². The van der Waals surface area contributed by atoms with Gasteiger partial charge in [-0.2, -0.15) is 0 Å². The van der Waals surface area contributed by atoms with Crippen molar-refractivity contribution in [2.45, 2.75) is 32.7 Å². The fourth-order valence-electron chi connectivity index (χ4n) is 2.63. The molecule has 0 spiro atoms. The van der Waals surface area contributed by atoms with Crippen molar-refractivity contribution in [2.75, 3.05) is 18.5 Å². The number of nitrogens with one attached hydrogen (secondary N) is 2. The Morgan fingerprint density at radius 2 is 1.88 bits per heavy atom. The lowest BCUT2D eigenvalue weighted by Gasteiger charge is -2.19. The van der Waals surface area contributed by atoms with Crippen LogP contribution in [0.5, 0.6) is 0 Å². The van der Waals surface area contributed by atoms with Crippen LogP contribution in [0.2, 0.25) is 0 Å². The van der Waals surface area contributed by atoms with Crippen LogP contribution in [0.4, 0.5) is 5.69 Å². The Kier molecular flexibility index (Phi) is 6.82. The van der Waals surface area contributed by atoms with E-state index in [1.54, 1.807) is 6.07 Å². The van der Waals surface area contributed by atoms with Crippen LogP contribution in [0.1, 0.15) is 47.8 Å². The van der Waals surface area contributed by atoms with Crippen LogP contribution in [0.3, 0.4) is 0 Å². The number of anilines is 1. The molecule has 2 rings (SSSR count). The van der Waals surface area contributed by atoms with Crippen LogP contribution >= 0.6 is 0 Å². The maximum atomic E-state index is 12.0. The quantitative estimate of drug-likeness (QED) is 0.695. The van der Waals surface area contributed by atoms with Crippen molar-refractivity contribution in [1.82, 2.24) is 5.32 Å². The molecule has 3 N–H and O–H groups in total. The Morgan fingerprint density at radius 3 is 2.50 bits per heavy atom. The first-order chi connectivity index (χ1) is 11.7. The number of carbonyl (C=O) groups excluding carboxylic acids is 1. The number of hydrogen-bond donors (Lipinski definition) is 3. The SMILES string of the molecule is CCc1ccc(C(CC)Nc2cccc(C(=O)NCCO)c2)cc1. The van der Waals surface area contributed by atoms with Crippen molar-refractivity contribution in [1.29, 1.82) is 0 Å². The summed E-state index contributed by atoms with van der Waals surface area (Å²) in [4.78, 5) is 12.0. The first-order valence-electron chi connectivity index (χ1n) is 8.52. The maximum Gasteiger partial charge on any atom is 0.251 e. The smallest absolute Gasteiger partial charge is 0.251 e. The van der Waals surface area contributed by atoms with Crippen molar-refractivity contribution in [3.05, 3.63) is 65.2 Å². The molecule has 0 heterocycles. The third-order valence-electron chi connectivity index (χ3n) is 4.06. The summed E-state index contributed by atoms with van der Waals surface area (Å²) in [5, 5.41) is 15.0. The molecular formula is C20H26N2O2. The minimum Gasteiger partial charge on any atom is -0.395 e. The van der Waals surface area contributed by atoms with Gasteiger partial charge in [-0.15, -0.1) is 0 Å². The van der Waals surface area contributed by atoms with Gasteiger partial charge in [-0.1, -0.05) is 44.2 Å². The second-order valence-electron chi connectivity index (χ2n) is 5.76. The van der Waals surface area contributed by atoms with Crippen LogP contribution in [0.25, 0.3) is 0 Å². The van der Waals surface area contributed by atoms with E-state index in [9.17, 15) is 4.79 Å². The molecule has 0 radical (unpaired) electrons. The number of hydrogen-bond acceptors (Lipinski definition) is 3. The Balaban J connectivity index is 2.11. The molecule has 0 aliphatic rings. The Morgan fingerprint density at radius 1 is 1.12 bits per heavy atom. The van der Waals surface area contributed by atoms with E-state index in [0.717, 1.165) is 18.5 Å². The zero-order valence-corrected chi connectivity index (χ0v) is 14.4. The minimum atomic E-state index is -0.173. The van der Waals surface area contributed by atoms with Crippen LogP contribution in [-0.2, 0) is 6.42 Å². The number of aryl methyl sites for hydroxylation is 1. The van der Waals surface area contributed by atoms with E-state index in [0.29, 0.717) is 5.56 Å². The van der Waals surface area contributed by atoms with E-state index in [-0.39, 0.29) is 25.1 Å². The topological polar surface area (TPSA) is 61.4 Å². The predicted molar refractivity (Wildman–Crippen MR) is 98.3 cm³/mol. The van der Waals surface area contributed by atoms with Gasteiger partial charge in [0.15, 0.2) is 0 Å². The molecule has 2 aromatic carbocycles. The van der Waals surface area contributed by atoms with Crippen molar-refractivity contribution in [3.8, 4) is 0 Å². The molecule has 0 saturated heterocycles. The number of aliphatic hydroxyl groups excluding tert-OH is 1. The molecule has 128 valence electrons.